The minimum absolute atomic E-state index is 0.0302. The maximum atomic E-state index is 12.6. The number of carbonyl (C=O) groups is 2. The van der Waals surface area contributed by atoms with Gasteiger partial charge >= 0.3 is 12.0 Å². The molecule has 10 heteroatoms. The van der Waals surface area contributed by atoms with Crippen LogP contribution >= 0.6 is 11.3 Å². The zero-order valence-electron chi connectivity index (χ0n) is 19.9. The van der Waals surface area contributed by atoms with Gasteiger partial charge in [-0.2, -0.15) is 5.26 Å². The van der Waals surface area contributed by atoms with E-state index in [0.29, 0.717) is 16.3 Å². The van der Waals surface area contributed by atoms with Crippen molar-refractivity contribution < 1.29 is 19.4 Å². The Morgan fingerprint density at radius 2 is 2.00 bits per heavy atom. The molecule has 0 radical (unpaired) electrons. The van der Waals surface area contributed by atoms with Crippen LogP contribution in [0.25, 0.3) is 21.1 Å². The fourth-order valence-corrected chi connectivity index (χ4v) is 5.49. The molecule has 1 fully saturated rings. The molecule has 2 N–H and O–H groups in total. The molecule has 1 atom stereocenters. The molecule has 36 heavy (non-hydrogen) atoms. The number of urea groups is 1. The number of nitriles is 1. The number of nitrogens with one attached hydrogen (secondary N) is 1. The quantitative estimate of drug-likeness (QED) is 0.515. The van der Waals surface area contributed by atoms with Crippen LogP contribution in [0, 0.1) is 17.2 Å². The van der Waals surface area contributed by atoms with Crippen LogP contribution in [-0.2, 0) is 11.2 Å². The minimum Gasteiger partial charge on any atom is -0.490 e. The van der Waals surface area contributed by atoms with Crippen molar-refractivity contribution in [1.82, 2.24) is 20.4 Å². The van der Waals surface area contributed by atoms with Crippen molar-refractivity contribution in [3.05, 3.63) is 53.1 Å². The Morgan fingerprint density at radius 3 is 2.72 bits per heavy atom. The number of carboxylic acids is 1. The number of likely N-dealkylation sites (tertiary alicyclic amines) is 1. The molecule has 0 bridgehead atoms. The third kappa shape index (κ3) is 4.50. The lowest BCUT2D eigenvalue weighted by molar-refractivity contribution is -0.146. The number of aliphatic carboxylic acids is 1. The Morgan fingerprint density at radius 1 is 1.22 bits per heavy atom. The molecule has 0 spiro atoms. The summed E-state index contributed by atoms with van der Waals surface area (Å²) >= 11 is 1.46. The number of amides is 2. The third-order valence-electron chi connectivity index (χ3n) is 6.45. The average Bonchev–Trinajstić information content (AvgIpc) is 3.45. The molecule has 0 saturated carbocycles. The van der Waals surface area contributed by atoms with Crippen LogP contribution in [0.3, 0.4) is 0 Å². The van der Waals surface area contributed by atoms with Gasteiger partial charge in [-0.1, -0.05) is 29.5 Å². The summed E-state index contributed by atoms with van der Waals surface area (Å²) in [5.41, 5.74) is 4.43. The molecular weight excluding hydrogens is 478 g/mol. The molecule has 1 saturated heterocycles. The Bertz CT molecular complexity index is 1370. The molecule has 2 amide bonds. The molecule has 2 aromatic carbocycles. The maximum absolute atomic E-state index is 12.6. The predicted octanol–water partition coefficient (Wildman–Crippen LogP) is 4.24. The Labute approximate surface area is 212 Å². The molecule has 2 aliphatic rings. The van der Waals surface area contributed by atoms with E-state index in [1.165, 1.54) is 16.2 Å². The average molecular weight is 504 g/mol. The number of nitrogens with zero attached hydrogens (tertiary/aromatic N) is 4. The molecule has 184 valence electrons. The van der Waals surface area contributed by atoms with Crippen molar-refractivity contribution in [2.24, 2.45) is 5.92 Å². The van der Waals surface area contributed by atoms with Crippen LogP contribution in [-0.4, -0.2) is 51.4 Å². The van der Waals surface area contributed by atoms with Gasteiger partial charge in [0.05, 0.1) is 23.6 Å². The summed E-state index contributed by atoms with van der Waals surface area (Å²) in [6.07, 6.45) is 1.53. The van der Waals surface area contributed by atoms with Crippen LogP contribution in [0.15, 0.2) is 36.4 Å². The number of benzene rings is 2. The van der Waals surface area contributed by atoms with Gasteiger partial charge in [-0.25, -0.2) is 4.79 Å². The summed E-state index contributed by atoms with van der Waals surface area (Å²) in [6, 6.07) is 13.3. The summed E-state index contributed by atoms with van der Waals surface area (Å²) in [7, 11) is 0. The van der Waals surface area contributed by atoms with Gasteiger partial charge < -0.3 is 20.1 Å². The molecule has 5 rings (SSSR count). The van der Waals surface area contributed by atoms with Crippen molar-refractivity contribution in [2.75, 3.05) is 13.1 Å². The first-order chi connectivity index (χ1) is 17.3. The topological polar surface area (TPSA) is 128 Å². The van der Waals surface area contributed by atoms with Gasteiger partial charge in [0.25, 0.3) is 0 Å². The van der Waals surface area contributed by atoms with Crippen LogP contribution in [0.4, 0.5) is 4.79 Å². The van der Waals surface area contributed by atoms with E-state index in [4.69, 9.17) is 9.84 Å². The number of rotatable bonds is 6. The van der Waals surface area contributed by atoms with E-state index in [0.717, 1.165) is 40.1 Å². The lowest BCUT2D eigenvalue weighted by atomic mass is 10.0. The van der Waals surface area contributed by atoms with Gasteiger partial charge in [0.15, 0.2) is 0 Å². The zero-order valence-corrected chi connectivity index (χ0v) is 20.7. The fourth-order valence-electron chi connectivity index (χ4n) is 4.60. The second-order valence-corrected chi connectivity index (χ2v) is 10.2. The minimum atomic E-state index is -0.866. The molecule has 1 aliphatic heterocycles. The smallest absolute Gasteiger partial charge is 0.317 e. The highest BCUT2D eigenvalue weighted by molar-refractivity contribution is 7.17. The van der Waals surface area contributed by atoms with E-state index in [9.17, 15) is 14.9 Å². The molecular formula is C26H25N5O4S. The summed E-state index contributed by atoms with van der Waals surface area (Å²) in [4.78, 5) is 25.1. The maximum Gasteiger partial charge on any atom is 0.317 e. The van der Waals surface area contributed by atoms with E-state index >= 15 is 0 Å². The largest absolute Gasteiger partial charge is 0.490 e. The first-order valence-corrected chi connectivity index (χ1v) is 12.6. The monoisotopic (exact) mass is 503 g/mol. The van der Waals surface area contributed by atoms with Gasteiger partial charge in [-0.3, -0.25) is 4.79 Å². The van der Waals surface area contributed by atoms with E-state index in [-0.39, 0.29) is 31.3 Å². The number of carboxylic acid groups (broad SMARTS) is 1. The van der Waals surface area contributed by atoms with Crippen LogP contribution in [0.2, 0.25) is 0 Å². The Hall–Kier alpha value is -3.97. The number of carbonyl (C=O) groups excluding carboxylic acids is 1. The van der Waals surface area contributed by atoms with Crippen molar-refractivity contribution in [3.63, 3.8) is 0 Å². The van der Waals surface area contributed by atoms with Gasteiger partial charge in [0.1, 0.15) is 21.8 Å². The van der Waals surface area contributed by atoms with E-state index in [1.54, 1.807) is 12.1 Å². The van der Waals surface area contributed by atoms with Gasteiger partial charge in [0.2, 0.25) is 0 Å². The number of hydrogen-bond acceptors (Lipinski definition) is 7. The predicted molar refractivity (Wildman–Crippen MR) is 134 cm³/mol. The number of aromatic nitrogens is 2. The van der Waals surface area contributed by atoms with Crippen LogP contribution in [0.5, 0.6) is 5.75 Å². The highest BCUT2D eigenvalue weighted by Crippen LogP contribution is 2.40. The van der Waals surface area contributed by atoms with E-state index < -0.39 is 11.9 Å². The van der Waals surface area contributed by atoms with Gasteiger partial charge in [-0.15, -0.1) is 10.2 Å². The first kappa shape index (κ1) is 23.8. The lowest BCUT2D eigenvalue weighted by Gasteiger charge is -2.37. The summed E-state index contributed by atoms with van der Waals surface area (Å²) < 4.78 is 5.72. The number of hydrogen-bond donors (Lipinski definition) is 2. The molecule has 0 unspecified atom stereocenters. The fraction of sp³-hybridized carbons (Fsp3) is 0.346. The van der Waals surface area contributed by atoms with E-state index in [1.807, 2.05) is 38.1 Å². The van der Waals surface area contributed by atoms with Gasteiger partial charge in [0, 0.05) is 24.2 Å². The highest BCUT2D eigenvalue weighted by atomic mass is 32.1. The van der Waals surface area contributed by atoms with Crippen molar-refractivity contribution in [1.29, 1.82) is 5.26 Å². The summed E-state index contributed by atoms with van der Waals surface area (Å²) in [5.74, 6) is -0.797. The SMILES string of the molecule is CC(C)Oc1ccc(-c2nnc(-c3cccc4c3CC[C@@H]4NC(=O)N3CC(C(=O)O)C3)s2)cc1C#N. The molecule has 3 aromatic rings. The van der Waals surface area contributed by atoms with Crippen molar-refractivity contribution in [3.8, 4) is 33.0 Å². The Balaban J connectivity index is 1.34. The number of fused-ring (bicyclic) bond motifs is 1. The standard InChI is InChI=1S/C26H25N5O4S/c1-14(2)35-22-9-6-15(10-16(22)11-27)23-29-30-24(36-23)20-5-3-4-19-18(20)7-8-21(19)28-26(34)31-12-17(13-31)25(32)33/h3-6,9-10,14,17,21H,7-8,12-13H2,1-2H3,(H,28,34)(H,32,33)/t21-/m0/s1. The molecule has 1 aliphatic carbocycles. The first-order valence-electron chi connectivity index (χ1n) is 11.8. The molecule has 1 aromatic heterocycles. The summed E-state index contributed by atoms with van der Waals surface area (Å²) in [5, 5.41) is 31.9. The molecule has 2 heterocycles. The second kappa shape index (κ2) is 9.59. The molecule has 9 nitrogen and oxygen atoms in total. The van der Waals surface area contributed by atoms with Crippen LogP contribution in [0.1, 0.15) is 43.0 Å². The third-order valence-corrected chi connectivity index (χ3v) is 7.46. The van der Waals surface area contributed by atoms with Crippen molar-refractivity contribution >= 4 is 23.3 Å². The van der Waals surface area contributed by atoms with E-state index in [2.05, 4.69) is 21.6 Å². The summed E-state index contributed by atoms with van der Waals surface area (Å²) in [6.45, 7) is 4.32. The lowest BCUT2D eigenvalue weighted by Crippen LogP contribution is -2.56. The van der Waals surface area contributed by atoms with Crippen molar-refractivity contribution in [2.45, 2.75) is 38.8 Å². The highest BCUT2D eigenvalue weighted by Gasteiger charge is 2.37. The Kier molecular flexibility index (Phi) is 6.33. The normalized spacial score (nSPS) is 16.8. The van der Waals surface area contributed by atoms with Crippen LogP contribution < -0.4 is 10.1 Å². The zero-order chi connectivity index (χ0) is 25.4. The second-order valence-electron chi connectivity index (χ2n) is 9.26. The number of ether oxygens (including phenoxy) is 1. The van der Waals surface area contributed by atoms with Gasteiger partial charge in [-0.05, 0) is 56.0 Å².